The molecule has 0 aliphatic heterocycles. The second kappa shape index (κ2) is 6.45. The van der Waals surface area contributed by atoms with Crippen LogP contribution in [0.4, 0.5) is 4.39 Å². The Balaban J connectivity index is 1.91. The van der Waals surface area contributed by atoms with E-state index in [0.717, 1.165) is 18.0 Å². The molecule has 2 heterocycles. The first-order valence-corrected chi connectivity index (χ1v) is 7.09. The highest BCUT2D eigenvalue weighted by atomic mass is 19.1. The van der Waals surface area contributed by atoms with Crippen molar-refractivity contribution in [2.75, 3.05) is 0 Å². The van der Waals surface area contributed by atoms with Crippen LogP contribution >= 0.6 is 0 Å². The predicted octanol–water partition coefficient (Wildman–Crippen LogP) is 1.57. The van der Waals surface area contributed by atoms with Crippen LogP contribution in [0.2, 0.25) is 0 Å². The van der Waals surface area contributed by atoms with Crippen molar-refractivity contribution in [1.29, 1.82) is 0 Å². The van der Waals surface area contributed by atoms with Crippen LogP contribution in [-0.2, 0) is 7.05 Å². The summed E-state index contributed by atoms with van der Waals surface area (Å²) in [6.45, 7) is 0. The van der Waals surface area contributed by atoms with Gasteiger partial charge in [0.1, 0.15) is 5.82 Å². The maximum Gasteiger partial charge on any atom is 0.289 e. The van der Waals surface area contributed by atoms with Gasteiger partial charge in [-0.1, -0.05) is 12.1 Å². The SMILES string of the molecule is Cn1cc(C(NC(=O)c2ncc(O)cn2)c2ccc(F)cc2)cn1. The highest BCUT2D eigenvalue weighted by Crippen LogP contribution is 2.22. The van der Waals surface area contributed by atoms with Crippen LogP contribution in [0.3, 0.4) is 0 Å². The number of aromatic hydroxyl groups is 1. The molecule has 1 unspecified atom stereocenters. The first kappa shape index (κ1) is 15.6. The van der Waals surface area contributed by atoms with E-state index >= 15 is 0 Å². The molecule has 0 aliphatic carbocycles. The van der Waals surface area contributed by atoms with Gasteiger partial charge in [-0.3, -0.25) is 9.48 Å². The molecule has 2 N–H and O–H groups in total. The molecule has 8 heteroatoms. The Hall–Kier alpha value is -3.29. The van der Waals surface area contributed by atoms with Crippen molar-refractivity contribution in [3.63, 3.8) is 0 Å². The van der Waals surface area contributed by atoms with E-state index in [4.69, 9.17) is 0 Å². The number of halogens is 1. The summed E-state index contributed by atoms with van der Waals surface area (Å²) in [5.74, 6) is -1.09. The van der Waals surface area contributed by atoms with Gasteiger partial charge in [0.2, 0.25) is 5.82 Å². The van der Waals surface area contributed by atoms with Gasteiger partial charge in [0, 0.05) is 18.8 Å². The van der Waals surface area contributed by atoms with Crippen LogP contribution in [0.15, 0.2) is 49.1 Å². The Bertz CT molecular complexity index is 846. The van der Waals surface area contributed by atoms with E-state index in [0.29, 0.717) is 5.56 Å². The number of nitrogens with one attached hydrogen (secondary N) is 1. The molecular weight excluding hydrogens is 313 g/mol. The molecule has 2 aromatic heterocycles. The minimum absolute atomic E-state index is 0.0798. The van der Waals surface area contributed by atoms with Gasteiger partial charge in [-0.2, -0.15) is 5.10 Å². The zero-order chi connectivity index (χ0) is 17.1. The molecule has 1 aromatic carbocycles. The average molecular weight is 327 g/mol. The Morgan fingerprint density at radius 3 is 2.42 bits per heavy atom. The molecule has 3 aromatic rings. The third-order valence-corrected chi connectivity index (χ3v) is 3.38. The summed E-state index contributed by atoms with van der Waals surface area (Å²) in [5.41, 5.74) is 1.42. The van der Waals surface area contributed by atoms with E-state index in [2.05, 4.69) is 20.4 Å². The molecular formula is C16H14FN5O2. The standard InChI is InChI=1S/C16H14FN5O2/c1-22-9-11(6-20-22)14(10-2-4-12(17)5-3-10)21-16(24)15-18-7-13(23)8-19-15/h2-9,14,23H,1H3,(H,21,24). The van der Waals surface area contributed by atoms with Crippen LogP contribution in [-0.4, -0.2) is 30.8 Å². The van der Waals surface area contributed by atoms with Crippen LogP contribution < -0.4 is 5.32 Å². The van der Waals surface area contributed by atoms with E-state index in [9.17, 15) is 14.3 Å². The largest absolute Gasteiger partial charge is 0.505 e. The number of aromatic nitrogens is 4. The Kier molecular flexibility index (Phi) is 4.19. The van der Waals surface area contributed by atoms with E-state index < -0.39 is 11.9 Å². The van der Waals surface area contributed by atoms with Crippen molar-refractivity contribution >= 4 is 5.91 Å². The summed E-state index contributed by atoms with van der Waals surface area (Å²) in [6, 6.07) is 5.28. The topological polar surface area (TPSA) is 92.9 Å². The first-order valence-electron chi connectivity index (χ1n) is 7.09. The Morgan fingerprint density at radius 1 is 1.17 bits per heavy atom. The fourth-order valence-corrected chi connectivity index (χ4v) is 2.24. The highest BCUT2D eigenvalue weighted by Gasteiger charge is 2.20. The third-order valence-electron chi connectivity index (χ3n) is 3.38. The van der Waals surface area contributed by atoms with Crippen molar-refractivity contribution in [1.82, 2.24) is 25.1 Å². The van der Waals surface area contributed by atoms with Gasteiger partial charge in [-0.15, -0.1) is 0 Å². The van der Waals surface area contributed by atoms with E-state index in [1.165, 1.54) is 12.1 Å². The summed E-state index contributed by atoms with van der Waals surface area (Å²) < 4.78 is 14.8. The number of amides is 1. The third kappa shape index (κ3) is 3.37. The molecule has 3 rings (SSSR count). The molecule has 0 spiro atoms. The number of benzene rings is 1. The molecule has 1 atom stereocenters. The second-order valence-electron chi connectivity index (χ2n) is 5.17. The number of carbonyl (C=O) groups is 1. The maximum absolute atomic E-state index is 13.2. The number of nitrogens with zero attached hydrogens (tertiary/aromatic N) is 4. The Morgan fingerprint density at radius 2 is 1.83 bits per heavy atom. The lowest BCUT2D eigenvalue weighted by Crippen LogP contribution is -2.30. The molecule has 0 saturated heterocycles. The molecule has 7 nitrogen and oxygen atoms in total. The summed E-state index contributed by atoms with van der Waals surface area (Å²) >= 11 is 0. The normalized spacial score (nSPS) is 11.9. The summed E-state index contributed by atoms with van der Waals surface area (Å²) in [4.78, 5) is 19.9. The number of rotatable bonds is 4. The van der Waals surface area contributed by atoms with Crippen LogP contribution in [0.5, 0.6) is 5.75 Å². The van der Waals surface area contributed by atoms with Gasteiger partial charge in [0.15, 0.2) is 5.75 Å². The number of hydrogen-bond donors (Lipinski definition) is 2. The lowest BCUT2D eigenvalue weighted by molar-refractivity contribution is 0.0932. The van der Waals surface area contributed by atoms with Gasteiger partial charge in [0.05, 0.1) is 24.6 Å². The molecule has 0 saturated carbocycles. The van der Waals surface area contributed by atoms with E-state index in [1.807, 2.05) is 0 Å². The van der Waals surface area contributed by atoms with Crippen LogP contribution in [0.25, 0.3) is 0 Å². The van der Waals surface area contributed by atoms with E-state index in [-0.39, 0.29) is 17.4 Å². The van der Waals surface area contributed by atoms with Crippen molar-refractivity contribution in [2.45, 2.75) is 6.04 Å². The summed E-state index contributed by atoms with van der Waals surface area (Å²) in [5, 5.41) is 16.1. The fourth-order valence-electron chi connectivity index (χ4n) is 2.24. The van der Waals surface area contributed by atoms with Gasteiger partial charge < -0.3 is 10.4 Å². The average Bonchev–Trinajstić information content (AvgIpc) is 3.00. The summed E-state index contributed by atoms with van der Waals surface area (Å²) in [6.07, 6.45) is 5.65. The lowest BCUT2D eigenvalue weighted by atomic mass is 10.0. The minimum atomic E-state index is -0.538. The van der Waals surface area contributed by atoms with Gasteiger partial charge in [0.25, 0.3) is 5.91 Å². The first-order chi connectivity index (χ1) is 11.5. The molecule has 1 amide bonds. The zero-order valence-electron chi connectivity index (χ0n) is 12.7. The number of aryl methyl sites for hydroxylation is 1. The van der Waals surface area contributed by atoms with Gasteiger partial charge in [-0.25, -0.2) is 14.4 Å². The van der Waals surface area contributed by atoms with E-state index in [1.54, 1.807) is 36.3 Å². The van der Waals surface area contributed by atoms with Crippen molar-refractivity contribution in [3.8, 4) is 5.75 Å². The van der Waals surface area contributed by atoms with Crippen LogP contribution in [0.1, 0.15) is 27.8 Å². The molecule has 0 fully saturated rings. The number of carbonyl (C=O) groups excluding carboxylic acids is 1. The quantitative estimate of drug-likeness (QED) is 0.759. The molecule has 0 radical (unpaired) electrons. The zero-order valence-corrected chi connectivity index (χ0v) is 12.7. The van der Waals surface area contributed by atoms with Crippen molar-refractivity contribution in [2.24, 2.45) is 7.05 Å². The highest BCUT2D eigenvalue weighted by molar-refractivity contribution is 5.90. The lowest BCUT2D eigenvalue weighted by Gasteiger charge is -2.17. The van der Waals surface area contributed by atoms with Crippen LogP contribution in [0, 0.1) is 5.82 Å². The number of hydrogen-bond acceptors (Lipinski definition) is 5. The predicted molar refractivity (Wildman–Crippen MR) is 82.6 cm³/mol. The van der Waals surface area contributed by atoms with Crippen molar-refractivity contribution in [3.05, 3.63) is 71.8 Å². The van der Waals surface area contributed by atoms with Crippen molar-refractivity contribution < 1.29 is 14.3 Å². The minimum Gasteiger partial charge on any atom is -0.505 e. The van der Waals surface area contributed by atoms with Gasteiger partial charge in [-0.05, 0) is 17.7 Å². The molecule has 0 aliphatic rings. The molecule has 0 bridgehead atoms. The second-order valence-corrected chi connectivity index (χ2v) is 5.17. The molecule has 122 valence electrons. The fraction of sp³-hybridized carbons (Fsp3) is 0.125. The smallest absolute Gasteiger partial charge is 0.289 e. The van der Waals surface area contributed by atoms with Gasteiger partial charge >= 0.3 is 0 Å². The Labute approximate surface area is 136 Å². The maximum atomic E-state index is 13.2. The monoisotopic (exact) mass is 327 g/mol. The summed E-state index contributed by atoms with van der Waals surface area (Å²) in [7, 11) is 1.76. The molecule has 24 heavy (non-hydrogen) atoms.